The van der Waals surface area contributed by atoms with Gasteiger partial charge in [-0.15, -0.1) is 0 Å². The van der Waals surface area contributed by atoms with Gasteiger partial charge in [0.05, 0.1) is 43.5 Å². The number of aliphatic hydroxyl groups is 13. The molecule has 22 heteroatoms. The number of esters is 1. The molecule has 0 aromatic rings. The highest BCUT2D eigenvalue weighted by atomic mass is 16.8. The van der Waals surface area contributed by atoms with Crippen molar-refractivity contribution >= 4 is 5.97 Å². The van der Waals surface area contributed by atoms with Crippen molar-refractivity contribution in [2.75, 3.05) is 19.8 Å². The van der Waals surface area contributed by atoms with Crippen molar-refractivity contribution in [3.63, 3.8) is 0 Å². The van der Waals surface area contributed by atoms with Crippen LogP contribution in [0.2, 0.25) is 0 Å². The molecule has 4 saturated carbocycles. The summed E-state index contributed by atoms with van der Waals surface area (Å²) >= 11 is 0. The van der Waals surface area contributed by atoms with Gasteiger partial charge in [0.15, 0.2) is 18.9 Å². The van der Waals surface area contributed by atoms with Gasteiger partial charge in [-0.3, -0.25) is 4.79 Å². The Morgan fingerprint density at radius 1 is 0.627 bits per heavy atom. The van der Waals surface area contributed by atoms with E-state index in [9.17, 15) is 66.4 Å². The Morgan fingerprint density at radius 3 is 1.92 bits per heavy atom. The van der Waals surface area contributed by atoms with E-state index in [1.54, 1.807) is 0 Å². The maximum absolute atomic E-state index is 15.1. The number of hydrogen-bond acceptors (Lipinski definition) is 22. The molecule has 13 N–H and O–H groups in total. The van der Waals surface area contributed by atoms with Crippen LogP contribution in [0.25, 0.3) is 0 Å². The van der Waals surface area contributed by atoms with Crippen LogP contribution in [0.5, 0.6) is 0 Å². The number of allylic oxidation sites excluding steroid dienone is 1. The van der Waals surface area contributed by atoms with Crippen molar-refractivity contribution in [1.29, 1.82) is 0 Å². The standard InChI is InChI=1S/C53H86O22/c1-22-31(56)35(60)39(64)44(70-22)74-41-32(57)24(55)20-68-46(41)73-29-12-13-50(6)27(49(29,4)5)11-14-52(8)28(50)10-9-23-30-42(66)48(2,3)15-17-53(30,18-16-51(23,52)7)47(67)75-45-40(65)37(62)34(59)26(72-45)21-69-43-38(63)36(61)33(58)25(19-54)71-43/h9,22,24-46,54-66H,10-21H2,1-8H3/t22-,24-,25+,26+,27-,28+,29-,30+,31-,32-,33+,34+,35+,36-,37-,38+,39+,40+,41+,42-,43+,44-,45-,46-,50-,51+,52+,53-/m0/s1. The molecule has 5 aliphatic carbocycles. The Balaban J connectivity index is 0.934. The number of carbonyl (C=O) groups excluding carboxylic acids is 1. The first-order chi connectivity index (χ1) is 35.0. The third kappa shape index (κ3) is 9.31. The largest absolute Gasteiger partial charge is 0.432 e. The predicted octanol–water partition coefficient (Wildman–Crippen LogP) is -1.40. The second-order valence-electron chi connectivity index (χ2n) is 25.8. The molecule has 28 atom stereocenters. The minimum atomic E-state index is -1.89. The molecule has 0 amide bonds. The second-order valence-corrected chi connectivity index (χ2v) is 25.8. The van der Waals surface area contributed by atoms with E-state index in [1.165, 1.54) is 6.92 Å². The van der Waals surface area contributed by atoms with E-state index in [1.807, 2.05) is 13.8 Å². The van der Waals surface area contributed by atoms with Gasteiger partial charge in [0.1, 0.15) is 85.5 Å². The molecule has 430 valence electrons. The summed E-state index contributed by atoms with van der Waals surface area (Å²) in [6.07, 6.45) is -22.7. The Morgan fingerprint density at radius 2 is 1.24 bits per heavy atom. The number of fused-ring (bicyclic) bond motifs is 7. The molecule has 4 heterocycles. The molecule has 8 fully saturated rings. The lowest BCUT2D eigenvalue weighted by molar-refractivity contribution is -0.364. The number of aliphatic hydroxyl groups excluding tert-OH is 13. The lowest BCUT2D eigenvalue weighted by Gasteiger charge is -2.71. The first-order valence-electron chi connectivity index (χ1n) is 27.2. The van der Waals surface area contributed by atoms with Gasteiger partial charge in [0.2, 0.25) is 6.29 Å². The number of ether oxygens (including phenoxy) is 8. The Kier molecular flexibility index (Phi) is 16.1. The second kappa shape index (κ2) is 20.7. The van der Waals surface area contributed by atoms with E-state index in [4.69, 9.17) is 37.9 Å². The summed E-state index contributed by atoms with van der Waals surface area (Å²) in [7, 11) is 0. The number of carbonyl (C=O) groups is 1. The van der Waals surface area contributed by atoms with Crippen molar-refractivity contribution in [2.24, 2.45) is 50.2 Å². The van der Waals surface area contributed by atoms with E-state index >= 15 is 4.79 Å². The lowest BCUT2D eigenvalue weighted by atomic mass is 9.33. The van der Waals surface area contributed by atoms with Crippen molar-refractivity contribution in [2.45, 2.75) is 242 Å². The zero-order chi connectivity index (χ0) is 54.9. The topological polar surface area (TPSA) is 354 Å². The molecule has 22 nitrogen and oxygen atoms in total. The van der Waals surface area contributed by atoms with Gasteiger partial charge in [-0.1, -0.05) is 60.1 Å². The fourth-order valence-corrected chi connectivity index (χ4v) is 16.1. The van der Waals surface area contributed by atoms with Crippen LogP contribution < -0.4 is 0 Å². The minimum absolute atomic E-state index is 0.138. The minimum Gasteiger partial charge on any atom is -0.432 e. The molecule has 0 unspecified atom stereocenters. The van der Waals surface area contributed by atoms with Crippen LogP contribution in [0.4, 0.5) is 0 Å². The van der Waals surface area contributed by atoms with Gasteiger partial charge in [-0.25, -0.2) is 0 Å². The summed E-state index contributed by atoms with van der Waals surface area (Å²) in [5.74, 6) is -1.10. The Labute approximate surface area is 437 Å². The highest BCUT2D eigenvalue weighted by molar-refractivity contribution is 5.79. The molecule has 4 saturated heterocycles. The summed E-state index contributed by atoms with van der Waals surface area (Å²) in [6, 6.07) is 0. The summed E-state index contributed by atoms with van der Waals surface area (Å²) < 4.78 is 47.6. The smallest absolute Gasteiger partial charge is 0.315 e. The molecule has 9 aliphatic rings. The monoisotopic (exact) mass is 1070 g/mol. The zero-order valence-electron chi connectivity index (χ0n) is 44.4. The average Bonchev–Trinajstić information content (AvgIpc) is 3.38. The van der Waals surface area contributed by atoms with Crippen LogP contribution in [0, 0.1) is 50.2 Å². The van der Waals surface area contributed by atoms with Crippen LogP contribution in [0.15, 0.2) is 11.6 Å². The number of rotatable bonds is 10. The fourth-order valence-electron chi connectivity index (χ4n) is 16.1. The summed E-state index contributed by atoms with van der Waals surface area (Å²) in [5.41, 5.74) is -2.32. The van der Waals surface area contributed by atoms with Crippen molar-refractivity contribution < 1.29 is 109 Å². The maximum atomic E-state index is 15.1. The third-order valence-electron chi connectivity index (χ3n) is 21.2. The molecule has 0 aromatic heterocycles. The van der Waals surface area contributed by atoms with Crippen LogP contribution >= 0.6 is 0 Å². The zero-order valence-corrected chi connectivity index (χ0v) is 44.4. The molecule has 0 bridgehead atoms. The Hall–Kier alpha value is -1.59. The molecule has 4 aliphatic heterocycles. The Bertz CT molecular complexity index is 2080. The molecule has 0 aromatic carbocycles. The van der Waals surface area contributed by atoms with Gasteiger partial charge in [-0.05, 0) is 104 Å². The molecular formula is C53H86O22. The summed E-state index contributed by atoms with van der Waals surface area (Å²) in [4.78, 5) is 15.1. The van der Waals surface area contributed by atoms with Crippen molar-refractivity contribution in [1.82, 2.24) is 0 Å². The van der Waals surface area contributed by atoms with Gasteiger partial charge >= 0.3 is 5.97 Å². The average molecular weight is 1080 g/mol. The van der Waals surface area contributed by atoms with E-state index in [-0.39, 0.29) is 29.3 Å². The van der Waals surface area contributed by atoms with Crippen LogP contribution in [-0.4, -0.2) is 221 Å². The molecule has 9 rings (SSSR count). The maximum Gasteiger partial charge on any atom is 0.315 e. The van der Waals surface area contributed by atoms with Crippen LogP contribution in [0.3, 0.4) is 0 Å². The van der Waals surface area contributed by atoms with Gasteiger partial charge < -0.3 is 104 Å². The van der Waals surface area contributed by atoms with Crippen LogP contribution in [0.1, 0.15) is 113 Å². The molecule has 75 heavy (non-hydrogen) atoms. The first kappa shape index (κ1) is 58.1. The number of hydrogen-bond donors (Lipinski definition) is 13. The van der Waals surface area contributed by atoms with E-state index < -0.39 is 176 Å². The van der Waals surface area contributed by atoms with Gasteiger partial charge in [-0.2, -0.15) is 0 Å². The van der Waals surface area contributed by atoms with Gasteiger partial charge in [0.25, 0.3) is 0 Å². The SMILES string of the molecule is C[C@@H]1O[C@@H](O[C@H]2[C@H](O[C@H]3CC[C@]4(C)[C@H]5CC=C6[C@@H]7[C@H](O)C(C)(C)CC[C@]7(C(=O)O[C@@H]7O[C@H](CO[C@@H]8O[C@H](CO)[C@@H](O)[C@H](O)[C@H]8O)[C@@H](O)[C@H](O)[C@H]7O)CC[C@@]6(C)[C@]5(C)CC[C@H]4C3(C)C)OC[C@H](O)[C@@H]2O)[C@H](O)[C@H](O)[C@H]1O. The lowest BCUT2D eigenvalue weighted by Crippen LogP contribution is -2.67. The summed E-state index contributed by atoms with van der Waals surface area (Å²) in [6.45, 7) is 15.4. The van der Waals surface area contributed by atoms with E-state index in [0.29, 0.717) is 38.5 Å². The molecule has 0 radical (unpaired) electrons. The molecule has 0 spiro atoms. The van der Waals surface area contributed by atoms with Crippen LogP contribution in [-0.2, 0) is 42.7 Å². The fraction of sp³-hybridized carbons (Fsp3) is 0.943. The van der Waals surface area contributed by atoms with Crippen molar-refractivity contribution in [3.05, 3.63) is 11.6 Å². The quantitative estimate of drug-likeness (QED) is 0.0680. The molecular weight excluding hydrogens is 989 g/mol. The summed E-state index contributed by atoms with van der Waals surface area (Å²) in [5, 5.41) is 140. The van der Waals surface area contributed by atoms with Gasteiger partial charge in [0, 0.05) is 5.92 Å². The third-order valence-corrected chi connectivity index (χ3v) is 21.2. The van der Waals surface area contributed by atoms with E-state index in [2.05, 4.69) is 40.7 Å². The predicted molar refractivity (Wildman–Crippen MR) is 257 cm³/mol. The van der Waals surface area contributed by atoms with Crippen molar-refractivity contribution in [3.8, 4) is 0 Å². The highest BCUT2D eigenvalue weighted by Crippen LogP contribution is 2.76. The highest BCUT2D eigenvalue weighted by Gasteiger charge is 2.71. The normalized spacial score (nSPS) is 54.5. The first-order valence-corrected chi connectivity index (χ1v) is 27.2. The van der Waals surface area contributed by atoms with E-state index in [0.717, 1.165) is 24.8 Å².